The summed E-state index contributed by atoms with van der Waals surface area (Å²) >= 11 is 0. The first kappa shape index (κ1) is 13.4. The molecule has 1 nitrogen and oxygen atoms in total. The van der Waals surface area contributed by atoms with Crippen LogP contribution in [0.25, 0.3) is 11.1 Å². The highest BCUT2D eigenvalue weighted by Gasteiger charge is 2.12. The van der Waals surface area contributed by atoms with Gasteiger partial charge in [0.25, 0.3) is 0 Å². The van der Waals surface area contributed by atoms with Crippen LogP contribution >= 0.6 is 0 Å². The van der Waals surface area contributed by atoms with Gasteiger partial charge in [0.2, 0.25) is 0 Å². The van der Waals surface area contributed by atoms with Crippen LogP contribution in [0.15, 0.2) is 36.4 Å². The Morgan fingerprint density at radius 2 is 1.63 bits per heavy atom. The van der Waals surface area contributed by atoms with Crippen molar-refractivity contribution in [2.75, 3.05) is 0 Å². The molecule has 0 spiro atoms. The van der Waals surface area contributed by atoms with Crippen LogP contribution < -0.4 is 0 Å². The zero-order valence-corrected chi connectivity index (χ0v) is 10.8. The van der Waals surface area contributed by atoms with Gasteiger partial charge in [-0.05, 0) is 30.5 Å². The van der Waals surface area contributed by atoms with E-state index in [4.69, 9.17) is 0 Å². The molecule has 0 radical (unpaired) electrons. The molecule has 2 aromatic carbocycles. The summed E-state index contributed by atoms with van der Waals surface area (Å²) in [5.74, 6) is -1.58. The molecule has 0 unspecified atom stereocenters. The van der Waals surface area contributed by atoms with Gasteiger partial charge < -0.3 is 0 Å². The second kappa shape index (κ2) is 5.31. The third-order valence-electron chi connectivity index (χ3n) is 2.99. The second-order valence-corrected chi connectivity index (χ2v) is 4.63. The van der Waals surface area contributed by atoms with Crippen molar-refractivity contribution in [1.82, 2.24) is 0 Å². The summed E-state index contributed by atoms with van der Waals surface area (Å²) in [4.78, 5) is 11.0. The molecule has 0 amide bonds. The van der Waals surface area contributed by atoms with Gasteiger partial charge in [0.1, 0.15) is 5.78 Å². The van der Waals surface area contributed by atoms with Gasteiger partial charge in [0.05, 0.1) is 0 Å². The van der Waals surface area contributed by atoms with Gasteiger partial charge in [-0.2, -0.15) is 0 Å². The minimum Gasteiger partial charge on any atom is -0.300 e. The normalized spacial score (nSPS) is 10.5. The van der Waals surface area contributed by atoms with Gasteiger partial charge >= 0.3 is 0 Å². The average molecular weight is 260 g/mol. The number of hydrogen-bond donors (Lipinski definition) is 0. The van der Waals surface area contributed by atoms with Crippen molar-refractivity contribution >= 4 is 5.78 Å². The summed E-state index contributed by atoms with van der Waals surface area (Å²) in [5.41, 5.74) is 1.99. The van der Waals surface area contributed by atoms with Gasteiger partial charge in [0, 0.05) is 12.0 Å². The molecule has 0 aliphatic rings. The Balaban J connectivity index is 2.37. The summed E-state index contributed by atoms with van der Waals surface area (Å²) in [6.07, 6.45) is 0.352. The van der Waals surface area contributed by atoms with Crippen LogP contribution in [-0.4, -0.2) is 5.78 Å². The third kappa shape index (κ3) is 2.87. The van der Waals surface area contributed by atoms with Crippen LogP contribution in [0.1, 0.15) is 18.1 Å². The molecule has 0 aliphatic heterocycles. The fourth-order valence-electron chi connectivity index (χ4n) is 1.96. The summed E-state index contributed by atoms with van der Waals surface area (Å²) < 4.78 is 27.3. The van der Waals surface area contributed by atoms with Gasteiger partial charge in [-0.25, -0.2) is 8.78 Å². The number of rotatable bonds is 3. The van der Waals surface area contributed by atoms with E-state index in [0.717, 1.165) is 5.56 Å². The fourth-order valence-corrected chi connectivity index (χ4v) is 1.96. The number of benzene rings is 2. The average Bonchev–Trinajstić information content (AvgIpc) is 2.37. The topological polar surface area (TPSA) is 17.1 Å². The van der Waals surface area contributed by atoms with E-state index in [1.807, 2.05) is 0 Å². The third-order valence-corrected chi connectivity index (χ3v) is 2.99. The highest BCUT2D eigenvalue weighted by molar-refractivity contribution is 5.78. The zero-order chi connectivity index (χ0) is 14.0. The van der Waals surface area contributed by atoms with Crippen LogP contribution in [0, 0.1) is 18.6 Å². The molecule has 0 aromatic heterocycles. The lowest BCUT2D eigenvalue weighted by atomic mass is 10.0. The van der Waals surface area contributed by atoms with E-state index in [1.165, 1.54) is 13.8 Å². The first-order chi connectivity index (χ1) is 8.99. The lowest BCUT2D eigenvalue weighted by Gasteiger charge is -2.07. The number of Topliss-reactive ketones (excluding diaryl/α,β-unsaturated/α-hetero) is 1. The van der Waals surface area contributed by atoms with Crippen molar-refractivity contribution in [2.24, 2.45) is 0 Å². The van der Waals surface area contributed by atoms with Crippen molar-refractivity contribution in [3.8, 4) is 11.1 Å². The summed E-state index contributed by atoms with van der Waals surface area (Å²) in [7, 11) is 0. The molecule has 0 heterocycles. The van der Waals surface area contributed by atoms with E-state index < -0.39 is 11.6 Å². The number of aryl methyl sites for hydroxylation is 1. The van der Waals surface area contributed by atoms with Crippen LogP contribution in [0.2, 0.25) is 0 Å². The smallest absolute Gasteiger partial charge is 0.166 e. The molecule has 0 atom stereocenters. The molecule has 3 heteroatoms. The largest absolute Gasteiger partial charge is 0.300 e. The van der Waals surface area contributed by atoms with E-state index >= 15 is 0 Å². The van der Waals surface area contributed by atoms with Gasteiger partial charge in [-0.1, -0.05) is 36.4 Å². The molecule has 19 heavy (non-hydrogen) atoms. The minimum atomic E-state index is -0.834. The quantitative estimate of drug-likeness (QED) is 0.813. The molecule has 2 rings (SSSR count). The number of carbonyl (C=O) groups excluding carboxylic acids is 1. The van der Waals surface area contributed by atoms with Crippen molar-refractivity contribution in [2.45, 2.75) is 20.3 Å². The molecule has 0 N–H and O–H groups in total. The fraction of sp³-hybridized carbons (Fsp3) is 0.188. The van der Waals surface area contributed by atoms with Crippen LogP contribution in [0.4, 0.5) is 8.78 Å². The number of halogens is 2. The predicted molar refractivity (Wildman–Crippen MR) is 70.9 cm³/mol. The van der Waals surface area contributed by atoms with E-state index in [2.05, 4.69) is 0 Å². The number of ketones is 1. The summed E-state index contributed by atoms with van der Waals surface area (Å²) in [5, 5.41) is 0. The Morgan fingerprint density at radius 1 is 1.00 bits per heavy atom. The summed E-state index contributed by atoms with van der Waals surface area (Å²) in [6, 6.07) is 10.0. The number of carbonyl (C=O) groups is 1. The van der Waals surface area contributed by atoms with Crippen molar-refractivity contribution < 1.29 is 13.6 Å². The highest BCUT2D eigenvalue weighted by atomic mass is 19.2. The Labute approximate surface area is 110 Å². The first-order valence-electron chi connectivity index (χ1n) is 6.02. The van der Waals surface area contributed by atoms with Crippen molar-refractivity contribution in [3.05, 3.63) is 59.2 Å². The van der Waals surface area contributed by atoms with E-state index in [-0.39, 0.29) is 16.9 Å². The second-order valence-electron chi connectivity index (χ2n) is 4.63. The van der Waals surface area contributed by atoms with Crippen molar-refractivity contribution in [3.63, 3.8) is 0 Å². The molecule has 0 saturated carbocycles. The standard InChI is InChI=1S/C16H14F2O/c1-10-3-8-14(16(18)15(10)17)13-6-4-12(5-7-13)9-11(2)19/h3-8H,9H2,1-2H3. The maximum Gasteiger partial charge on any atom is 0.166 e. The van der Waals surface area contributed by atoms with Gasteiger partial charge in [-0.15, -0.1) is 0 Å². The predicted octanol–water partition coefficient (Wildman–Crippen LogP) is 4.07. The number of hydrogen-bond acceptors (Lipinski definition) is 1. The Hall–Kier alpha value is -2.03. The molecule has 0 saturated heterocycles. The highest BCUT2D eigenvalue weighted by Crippen LogP contribution is 2.26. The van der Waals surface area contributed by atoms with Crippen LogP contribution in [0.5, 0.6) is 0 Å². The van der Waals surface area contributed by atoms with Crippen LogP contribution in [0.3, 0.4) is 0 Å². The van der Waals surface area contributed by atoms with Crippen LogP contribution in [-0.2, 0) is 11.2 Å². The molecular formula is C16H14F2O. The molecular weight excluding hydrogens is 246 g/mol. The SMILES string of the molecule is CC(=O)Cc1ccc(-c2ccc(C)c(F)c2F)cc1. The first-order valence-corrected chi connectivity index (χ1v) is 6.02. The zero-order valence-electron chi connectivity index (χ0n) is 10.8. The molecule has 0 aliphatic carbocycles. The van der Waals surface area contributed by atoms with E-state index in [1.54, 1.807) is 36.4 Å². The minimum absolute atomic E-state index is 0.0697. The summed E-state index contributed by atoms with van der Waals surface area (Å²) in [6.45, 7) is 3.04. The maximum absolute atomic E-state index is 13.8. The Kier molecular flexibility index (Phi) is 3.74. The molecule has 2 aromatic rings. The van der Waals surface area contributed by atoms with Gasteiger partial charge in [0.15, 0.2) is 11.6 Å². The lowest BCUT2D eigenvalue weighted by molar-refractivity contribution is -0.116. The molecule has 0 bridgehead atoms. The monoisotopic (exact) mass is 260 g/mol. The molecule has 0 fully saturated rings. The Morgan fingerprint density at radius 3 is 2.21 bits per heavy atom. The van der Waals surface area contributed by atoms with Gasteiger partial charge in [-0.3, -0.25) is 4.79 Å². The maximum atomic E-state index is 13.8. The Bertz CT molecular complexity index is 615. The van der Waals surface area contributed by atoms with E-state index in [9.17, 15) is 13.6 Å². The van der Waals surface area contributed by atoms with Crippen molar-refractivity contribution in [1.29, 1.82) is 0 Å². The molecule has 98 valence electrons. The van der Waals surface area contributed by atoms with E-state index in [0.29, 0.717) is 12.0 Å². The lowest BCUT2D eigenvalue weighted by Crippen LogP contribution is -1.96.